The van der Waals surface area contributed by atoms with Crippen LogP contribution in [0.1, 0.15) is 26.2 Å². The molecule has 0 aromatic heterocycles. The minimum atomic E-state index is -4.61. The highest BCUT2D eigenvalue weighted by Crippen LogP contribution is 2.21. The molecule has 0 saturated carbocycles. The minimum Gasteiger partial charge on any atom is -0.382 e. The predicted molar refractivity (Wildman–Crippen MR) is 64.6 cm³/mol. The average Bonchev–Trinajstić information content (AvgIpc) is 2.71. The Balaban J connectivity index is 2.30. The number of alkyl halides is 3. The lowest BCUT2D eigenvalue weighted by Crippen LogP contribution is -2.41. The van der Waals surface area contributed by atoms with Crippen LogP contribution in [0, 0.1) is 0 Å². The van der Waals surface area contributed by atoms with Crippen molar-refractivity contribution in [1.29, 1.82) is 0 Å². The summed E-state index contributed by atoms with van der Waals surface area (Å²) in [6, 6.07) is 0.221. The molecule has 0 aliphatic carbocycles. The molecule has 0 aromatic rings. The van der Waals surface area contributed by atoms with Gasteiger partial charge in [0.1, 0.15) is 0 Å². The van der Waals surface area contributed by atoms with Gasteiger partial charge >= 0.3 is 6.18 Å². The Morgan fingerprint density at radius 2 is 2.16 bits per heavy atom. The predicted octanol–water partition coefficient (Wildman–Crippen LogP) is 1.24. The van der Waals surface area contributed by atoms with Crippen molar-refractivity contribution in [3.8, 4) is 0 Å². The minimum absolute atomic E-state index is 0.0293. The van der Waals surface area contributed by atoms with E-state index in [4.69, 9.17) is 5.11 Å². The Morgan fingerprint density at radius 3 is 2.63 bits per heavy atom. The number of amides is 1. The number of hydrogen-bond acceptors (Lipinski definition) is 3. The molecule has 1 aliphatic rings. The van der Waals surface area contributed by atoms with Gasteiger partial charge in [0, 0.05) is 32.1 Å². The summed E-state index contributed by atoms with van der Waals surface area (Å²) >= 11 is 0. The van der Waals surface area contributed by atoms with Gasteiger partial charge in [0.2, 0.25) is 5.91 Å². The molecule has 0 aromatic carbocycles. The molecule has 112 valence electrons. The van der Waals surface area contributed by atoms with Crippen molar-refractivity contribution in [2.75, 3.05) is 26.7 Å². The van der Waals surface area contributed by atoms with Gasteiger partial charge in [-0.25, -0.2) is 0 Å². The highest BCUT2D eigenvalue weighted by Gasteiger charge is 2.38. The fourth-order valence-electron chi connectivity index (χ4n) is 2.22. The van der Waals surface area contributed by atoms with Crippen LogP contribution in [0.4, 0.5) is 13.2 Å². The summed E-state index contributed by atoms with van der Waals surface area (Å²) in [6.45, 7) is 2.42. The maximum atomic E-state index is 12.2. The van der Waals surface area contributed by atoms with Crippen LogP contribution in [0.15, 0.2) is 0 Å². The second kappa shape index (κ2) is 6.56. The van der Waals surface area contributed by atoms with Gasteiger partial charge in [0.15, 0.2) is 6.10 Å². The lowest BCUT2D eigenvalue weighted by atomic mass is 10.2. The van der Waals surface area contributed by atoms with E-state index in [-0.39, 0.29) is 24.9 Å². The Hall–Kier alpha value is -0.820. The first-order valence-electron chi connectivity index (χ1n) is 6.44. The van der Waals surface area contributed by atoms with Crippen molar-refractivity contribution in [3.05, 3.63) is 0 Å². The number of likely N-dealkylation sites (N-methyl/N-ethyl adjacent to an activating group) is 1. The molecule has 4 nitrogen and oxygen atoms in total. The monoisotopic (exact) mass is 282 g/mol. The van der Waals surface area contributed by atoms with Gasteiger partial charge < -0.3 is 14.9 Å². The van der Waals surface area contributed by atoms with E-state index in [1.165, 1.54) is 11.9 Å². The van der Waals surface area contributed by atoms with Crippen LogP contribution in [0.5, 0.6) is 0 Å². The zero-order chi connectivity index (χ0) is 14.6. The number of likely N-dealkylation sites (tertiary alicyclic amines) is 1. The van der Waals surface area contributed by atoms with Crippen LogP contribution in [-0.4, -0.2) is 65.8 Å². The molecule has 1 heterocycles. The molecular formula is C12H21F3N2O2. The molecule has 1 fully saturated rings. The first-order valence-corrected chi connectivity index (χ1v) is 6.44. The number of rotatable bonds is 5. The fraction of sp³-hybridized carbons (Fsp3) is 0.917. The zero-order valence-electron chi connectivity index (χ0n) is 11.3. The second-order valence-electron chi connectivity index (χ2n) is 5.15. The van der Waals surface area contributed by atoms with Crippen molar-refractivity contribution in [2.24, 2.45) is 0 Å². The summed E-state index contributed by atoms with van der Waals surface area (Å²) in [7, 11) is 1.47. The number of halogens is 3. The molecule has 2 atom stereocenters. The number of aliphatic hydroxyl groups is 1. The number of carbonyl (C=O) groups excluding carboxylic acids is 1. The first-order chi connectivity index (χ1) is 8.71. The van der Waals surface area contributed by atoms with Crippen LogP contribution in [0.25, 0.3) is 0 Å². The van der Waals surface area contributed by atoms with E-state index >= 15 is 0 Å². The molecule has 1 amide bonds. The zero-order valence-corrected chi connectivity index (χ0v) is 11.3. The SMILES string of the molecule is CC1CCCN1C(=O)CCN(C)CC(O)C(F)(F)F. The Kier molecular flexibility index (Phi) is 5.61. The Morgan fingerprint density at radius 1 is 1.53 bits per heavy atom. The third-order valence-corrected chi connectivity index (χ3v) is 3.44. The molecular weight excluding hydrogens is 261 g/mol. The van der Waals surface area contributed by atoms with E-state index in [1.54, 1.807) is 4.90 Å². The number of carbonyl (C=O) groups is 1. The topological polar surface area (TPSA) is 43.8 Å². The summed E-state index contributed by atoms with van der Waals surface area (Å²) in [5.74, 6) is -0.0293. The van der Waals surface area contributed by atoms with Gasteiger partial charge in [0.25, 0.3) is 0 Å². The Labute approximate surface area is 111 Å². The number of hydrogen-bond donors (Lipinski definition) is 1. The number of aliphatic hydroxyl groups excluding tert-OH is 1. The Bertz CT molecular complexity index is 310. The van der Waals surface area contributed by atoms with Gasteiger partial charge in [-0.1, -0.05) is 0 Å². The quantitative estimate of drug-likeness (QED) is 0.825. The first kappa shape index (κ1) is 16.2. The van der Waals surface area contributed by atoms with Crippen molar-refractivity contribution in [1.82, 2.24) is 9.80 Å². The second-order valence-corrected chi connectivity index (χ2v) is 5.15. The molecule has 0 spiro atoms. The standard InChI is InChI=1S/C12H21F3N2O2/c1-9-4-3-6-17(9)11(19)5-7-16(2)8-10(18)12(13,14)15/h9-10,18H,3-8H2,1-2H3. The van der Waals surface area contributed by atoms with E-state index in [2.05, 4.69) is 0 Å². The van der Waals surface area contributed by atoms with E-state index in [0.29, 0.717) is 0 Å². The van der Waals surface area contributed by atoms with Crippen molar-refractivity contribution in [2.45, 2.75) is 44.5 Å². The highest BCUT2D eigenvalue weighted by atomic mass is 19.4. The van der Waals surface area contributed by atoms with E-state index in [9.17, 15) is 18.0 Å². The van der Waals surface area contributed by atoms with Crippen LogP contribution >= 0.6 is 0 Å². The molecule has 1 saturated heterocycles. The molecule has 1 N–H and O–H groups in total. The van der Waals surface area contributed by atoms with Gasteiger partial charge in [-0.15, -0.1) is 0 Å². The maximum Gasteiger partial charge on any atom is 0.415 e. The molecule has 1 aliphatic heterocycles. The molecule has 1 rings (SSSR count). The molecule has 19 heavy (non-hydrogen) atoms. The maximum absolute atomic E-state index is 12.2. The third kappa shape index (κ3) is 4.99. The van der Waals surface area contributed by atoms with Crippen LogP contribution < -0.4 is 0 Å². The molecule has 7 heteroatoms. The average molecular weight is 282 g/mol. The van der Waals surface area contributed by atoms with Crippen molar-refractivity contribution in [3.63, 3.8) is 0 Å². The highest BCUT2D eigenvalue weighted by molar-refractivity contribution is 5.76. The van der Waals surface area contributed by atoms with Crippen molar-refractivity contribution >= 4 is 5.91 Å². The summed E-state index contributed by atoms with van der Waals surface area (Å²) < 4.78 is 36.5. The molecule has 0 bridgehead atoms. The third-order valence-electron chi connectivity index (χ3n) is 3.44. The van der Waals surface area contributed by atoms with E-state index < -0.39 is 18.8 Å². The molecule has 0 radical (unpaired) electrons. The summed E-state index contributed by atoms with van der Waals surface area (Å²) in [5.41, 5.74) is 0. The van der Waals surface area contributed by atoms with E-state index in [0.717, 1.165) is 19.4 Å². The van der Waals surface area contributed by atoms with Gasteiger partial charge in [0.05, 0.1) is 0 Å². The van der Waals surface area contributed by atoms with Gasteiger partial charge in [-0.05, 0) is 26.8 Å². The van der Waals surface area contributed by atoms with E-state index in [1.807, 2.05) is 6.92 Å². The fourth-order valence-corrected chi connectivity index (χ4v) is 2.22. The lowest BCUT2D eigenvalue weighted by Gasteiger charge is -2.25. The van der Waals surface area contributed by atoms with Crippen LogP contribution in [0.2, 0.25) is 0 Å². The summed E-state index contributed by atoms with van der Waals surface area (Å²) in [6.07, 6.45) is -4.82. The largest absolute Gasteiger partial charge is 0.415 e. The molecule has 2 unspecified atom stereocenters. The van der Waals surface area contributed by atoms with Crippen LogP contribution in [-0.2, 0) is 4.79 Å². The number of nitrogens with zero attached hydrogens (tertiary/aromatic N) is 2. The summed E-state index contributed by atoms with van der Waals surface area (Å²) in [5, 5.41) is 8.91. The summed E-state index contributed by atoms with van der Waals surface area (Å²) in [4.78, 5) is 15.0. The lowest BCUT2D eigenvalue weighted by molar-refractivity contribution is -0.207. The van der Waals surface area contributed by atoms with Crippen LogP contribution in [0.3, 0.4) is 0 Å². The normalized spacial score (nSPS) is 22.1. The van der Waals surface area contributed by atoms with Gasteiger partial charge in [-0.3, -0.25) is 4.79 Å². The van der Waals surface area contributed by atoms with Gasteiger partial charge in [-0.2, -0.15) is 13.2 Å². The smallest absolute Gasteiger partial charge is 0.382 e. The van der Waals surface area contributed by atoms with Crippen molar-refractivity contribution < 1.29 is 23.1 Å².